The normalized spacial score (nSPS) is 9.75. The highest BCUT2D eigenvalue weighted by atomic mass is 16.5. The minimum atomic E-state index is -0.141. The number of carbonyl (C=O) groups excluding carboxylic acids is 2. The molecular formula is C14H20N2O4. The van der Waals surface area contributed by atoms with Crippen LogP contribution in [0.1, 0.15) is 18.9 Å². The lowest BCUT2D eigenvalue weighted by Crippen LogP contribution is -2.29. The molecule has 0 atom stereocenters. The molecule has 2 amide bonds. The summed E-state index contributed by atoms with van der Waals surface area (Å²) in [4.78, 5) is 22.2. The summed E-state index contributed by atoms with van der Waals surface area (Å²) in [6, 6.07) is 5.46. The molecule has 0 fully saturated rings. The number of hydrogen-bond acceptors (Lipinski definition) is 4. The van der Waals surface area contributed by atoms with E-state index in [9.17, 15) is 9.59 Å². The molecule has 0 saturated heterocycles. The summed E-state index contributed by atoms with van der Waals surface area (Å²) in [7, 11) is 3.13. The Labute approximate surface area is 118 Å². The monoisotopic (exact) mass is 280 g/mol. The number of methoxy groups -OCH3 is 2. The topological polar surface area (TPSA) is 76.7 Å². The van der Waals surface area contributed by atoms with E-state index in [2.05, 4.69) is 10.6 Å². The highest BCUT2D eigenvalue weighted by molar-refractivity contribution is 5.77. The van der Waals surface area contributed by atoms with Gasteiger partial charge in [-0.25, -0.2) is 0 Å². The van der Waals surface area contributed by atoms with E-state index in [1.165, 1.54) is 6.92 Å². The number of carbonyl (C=O) groups is 2. The lowest BCUT2D eigenvalue weighted by atomic mass is 10.2. The van der Waals surface area contributed by atoms with Crippen LogP contribution < -0.4 is 20.1 Å². The molecule has 0 aliphatic carbocycles. The van der Waals surface area contributed by atoms with Gasteiger partial charge in [-0.05, 0) is 17.7 Å². The molecule has 0 aliphatic rings. The number of benzene rings is 1. The average molecular weight is 280 g/mol. The van der Waals surface area contributed by atoms with Crippen molar-refractivity contribution in [3.63, 3.8) is 0 Å². The quantitative estimate of drug-likeness (QED) is 0.776. The summed E-state index contributed by atoms with van der Waals surface area (Å²) >= 11 is 0. The fourth-order valence-corrected chi connectivity index (χ4v) is 1.63. The molecule has 0 radical (unpaired) electrons. The van der Waals surface area contributed by atoms with Crippen molar-refractivity contribution in [3.8, 4) is 11.5 Å². The lowest BCUT2D eigenvalue weighted by molar-refractivity contribution is -0.121. The SMILES string of the molecule is COc1ccc(CNC(=O)CCNC(C)=O)cc1OC. The molecule has 0 heterocycles. The molecule has 0 aromatic heterocycles. The Morgan fingerprint density at radius 3 is 2.40 bits per heavy atom. The predicted octanol–water partition coefficient (Wildman–Crippen LogP) is 0.846. The maximum absolute atomic E-state index is 11.6. The van der Waals surface area contributed by atoms with Crippen molar-refractivity contribution in [3.05, 3.63) is 23.8 Å². The van der Waals surface area contributed by atoms with Gasteiger partial charge in [-0.1, -0.05) is 6.07 Å². The van der Waals surface area contributed by atoms with Gasteiger partial charge in [-0.2, -0.15) is 0 Å². The third-order valence-corrected chi connectivity index (χ3v) is 2.66. The van der Waals surface area contributed by atoms with Crippen LogP contribution >= 0.6 is 0 Å². The fourth-order valence-electron chi connectivity index (χ4n) is 1.63. The van der Waals surface area contributed by atoms with Gasteiger partial charge >= 0.3 is 0 Å². The number of hydrogen-bond donors (Lipinski definition) is 2. The number of amides is 2. The summed E-state index contributed by atoms with van der Waals surface area (Å²) in [5.74, 6) is 1.01. The van der Waals surface area contributed by atoms with Crippen molar-refractivity contribution in [2.24, 2.45) is 0 Å². The molecule has 1 aromatic rings. The predicted molar refractivity (Wildman–Crippen MR) is 74.7 cm³/mol. The van der Waals surface area contributed by atoms with Crippen LogP contribution in [0, 0.1) is 0 Å². The van der Waals surface area contributed by atoms with E-state index in [-0.39, 0.29) is 18.2 Å². The Hall–Kier alpha value is -2.24. The van der Waals surface area contributed by atoms with Gasteiger partial charge in [0.05, 0.1) is 14.2 Å². The van der Waals surface area contributed by atoms with Gasteiger partial charge in [-0.15, -0.1) is 0 Å². The molecule has 0 aliphatic heterocycles. The second-order valence-electron chi connectivity index (χ2n) is 4.20. The van der Waals surface area contributed by atoms with Gasteiger partial charge < -0.3 is 20.1 Å². The Kier molecular flexibility index (Phi) is 6.36. The summed E-state index contributed by atoms with van der Waals surface area (Å²) in [6.07, 6.45) is 0.257. The van der Waals surface area contributed by atoms with Crippen LogP contribution in [-0.4, -0.2) is 32.6 Å². The van der Waals surface area contributed by atoms with Gasteiger partial charge in [0, 0.05) is 26.4 Å². The zero-order valence-corrected chi connectivity index (χ0v) is 12.0. The maximum Gasteiger partial charge on any atom is 0.222 e. The largest absolute Gasteiger partial charge is 0.493 e. The summed E-state index contributed by atoms with van der Waals surface area (Å²) in [5.41, 5.74) is 0.913. The smallest absolute Gasteiger partial charge is 0.222 e. The van der Waals surface area contributed by atoms with E-state index in [1.54, 1.807) is 20.3 Å². The second kappa shape index (κ2) is 8.04. The van der Waals surface area contributed by atoms with Gasteiger partial charge in [-0.3, -0.25) is 9.59 Å². The van der Waals surface area contributed by atoms with Crippen LogP contribution in [0.4, 0.5) is 0 Å². The first-order chi connectivity index (χ1) is 9.56. The summed E-state index contributed by atoms with van der Waals surface area (Å²) in [5, 5.41) is 5.35. The zero-order valence-electron chi connectivity index (χ0n) is 12.0. The first-order valence-electron chi connectivity index (χ1n) is 6.29. The zero-order chi connectivity index (χ0) is 15.0. The van der Waals surface area contributed by atoms with Crippen molar-refractivity contribution in [2.75, 3.05) is 20.8 Å². The Balaban J connectivity index is 2.45. The molecule has 110 valence electrons. The van der Waals surface area contributed by atoms with Crippen molar-refractivity contribution < 1.29 is 19.1 Å². The summed E-state index contributed by atoms with van der Waals surface area (Å²) in [6.45, 7) is 2.16. The first kappa shape index (κ1) is 15.8. The van der Waals surface area contributed by atoms with Crippen LogP contribution in [0.25, 0.3) is 0 Å². The maximum atomic E-state index is 11.6. The van der Waals surface area contributed by atoms with E-state index in [0.29, 0.717) is 24.6 Å². The Bertz CT molecular complexity index is 474. The van der Waals surface area contributed by atoms with Crippen molar-refractivity contribution >= 4 is 11.8 Å². The first-order valence-corrected chi connectivity index (χ1v) is 6.29. The van der Waals surface area contributed by atoms with Gasteiger partial charge in [0.25, 0.3) is 0 Å². The third-order valence-electron chi connectivity index (χ3n) is 2.66. The van der Waals surface area contributed by atoms with Crippen LogP contribution in [0.2, 0.25) is 0 Å². The van der Waals surface area contributed by atoms with E-state index in [0.717, 1.165) is 5.56 Å². The van der Waals surface area contributed by atoms with E-state index in [1.807, 2.05) is 12.1 Å². The molecule has 1 rings (SSSR count). The number of rotatable bonds is 7. The van der Waals surface area contributed by atoms with Crippen molar-refractivity contribution in [1.82, 2.24) is 10.6 Å². The number of ether oxygens (including phenoxy) is 2. The standard InChI is InChI=1S/C14H20N2O4/c1-10(17)15-7-6-14(18)16-9-11-4-5-12(19-2)13(8-11)20-3/h4-5,8H,6-7,9H2,1-3H3,(H,15,17)(H,16,18). The molecule has 0 saturated carbocycles. The molecule has 0 spiro atoms. The Morgan fingerprint density at radius 2 is 1.80 bits per heavy atom. The highest BCUT2D eigenvalue weighted by Gasteiger charge is 2.06. The lowest BCUT2D eigenvalue weighted by Gasteiger charge is -2.10. The second-order valence-corrected chi connectivity index (χ2v) is 4.20. The molecule has 0 bridgehead atoms. The summed E-state index contributed by atoms with van der Waals surface area (Å²) < 4.78 is 10.3. The number of nitrogens with one attached hydrogen (secondary N) is 2. The molecule has 20 heavy (non-hydrogen) atoms. The molecule has 0 unspecified atom stereocenters. The minimum Gasteiger partial charge on any atom is -0.493 e. The molecule has 6 nitrogen and oxygen atoms in total. The van der Waals surface area contributed by atoms with Crippen LogP contribution in [0.3, 0.4) is 0 Å². The average Bonchev–Trinajstić information content (AvgIpc) is 2.44. The highest BCUT2D eigenvalue weighted by Crippen LogP contribution is 2.27. The molecule has 1 aromatic carbocycles. The van der Waals surface area contributed by atoms with Gasteiger partial charge in [0.1, 0.15) is 0 Å². The van der Waals surface area contributed by atoms with Crippen molar-refractivity contribution in [1.29, 1.82) is 0 Å². The van der Waals surface area contributed by atoms with E-state index >= 15 is 0 Å². The molecule has 6 heteroatoms. The van der Waals surface area contributed by atoms with Crippen LogP contribution in [-0.2, 0) is 16.1 Å². The van der Waals surface area contributed by atoms with Crippen LogP contribution in [0.15, 0.2) is 18.2 Å². The van der Waals surface area contributed by atoms with Gasteiger partial charge in [0.2, 0.25) is 11.8 Å². The molecule has 2 N–H and O–H groups in total. The third kappa shape index (κ3) is 5.17. The molecular weight excluding hydrogens is 260 g/mol. The fraction of sp³-hybridized carbons (Fsp3) is 0.429. The van der Waals surface area contributed by atoms with E-state index < -0.39 is 0 Å². The Morgan fingerprint density at radius 1 is 1.10 bits per heavy atom. The van der Waals surface area contributed by atoms with Crippen LogP contribution in [0.5, 0.6) is 11.5 Å². The van der Waals surface area contributed by atoms with Crippen molar-refractivity contribution in [2.45, 2.75) is 19.9 Å². The van der Waals surface area contributed by atoms with Gasteiger partial charge in [0.15, 0.2) is 11.5 Å². The van der Waals surface area contributed by atoms with E-state index in [4.69, 9.17) is 9.47 Å². The minimum absolute atomic E-state index is 0.117.